The van der Waals surface area contributed by atoms with Gasteiger partial charge in [-0.1, -0.05) is 79.7 Å². The Balaban J connectivity index is 1.52. The Morgan fingerprint density at radius 3 is 2.20 bits per heavy atom. The molecular weight excluding hydrogens is 670 g/mol. The summed E-state index contributed by atoms with van der Waals surface area (Å²) in [6.07, 6.45) is -1.39. The molecule has 4 rings (SSSR count). The SMILES string of the molecule is CC(C)(C)[C@H](NC(=O)N[C@H](CNS(C)(=O)=O)C(C)(C)C)C(=O)N1C[C@H]2[C@@H]([C@H]1C(=O)N[C@@H](CC(F)F)C(=O)NC1CCc3ccccc31)C2(C)C. The van der Waals surface area contributed by atoms with E-state index >= 15 is 0 Å². The fourth-order valence-electron chi connectivity index (χ4n) is 7.41. The fourth-order valence-corrected chi connectivity index (χ4v) is 7.88. The van der Waals surface area contributed by atoms with E-state index in [1.807, 2.05) is 58.9 Å². The van der Waals surface area contributed by atoms with Crippen LogP contribution in [-0.4, -0.2) is 87.0 Å². The molecule has 1 unspecified atom stereocenters. The summed E-state index contributed by atoms with van der Waals surface area (Å²) < 4.78 is 53.5. The molecule has 280 valence electrons. The van der Waals surface area contributed by atoms with Gasteiger partial charge in [0.25, 0.3) is 0 Å². The number of piperidine rings is 1. The summed E-state index contributed by atoms with van der Waals surface area (Å²) in [6, 6.07) is 2.24. The number of nitrogens with one attached hydrogen (secondary N) is 5. The number of nitrogens with zero attached hydrogens (tertiary/aromatic N) is 1. The number of fused-ring (bicyclic) bond motifs is 2. The highest BCUT2D eigenvalue weighted by Crippen LogP contribution is 2.65. The van der Waals surface area contributed by atoms with E-state index in [0.717, 1.165) is 23.8 Å². The van der Waals surface area contributed by atoms with Crippen molar-refractivity contribution in [3.63, 3.8) is 0 Å². The molecule has 1 aliphatic heterocycles. The van der Waals surface area contributed by atoms with Gasteiger partial charge in [0.1, 0.15) is 18.1 Å². The number of likely N-dealkylation sites (tertiary alicyclic amines) is 1. The van der Waals surface area contributed by atoms with Gasteiger partial charge in [-0.25, -0.2) is 26.7 Å². The van der Waals surface area contributed by atoms with Gasteiger partial charge in [0.15, 0.2) is 0 Å². The Morgan fingerprint density at radius 1 is 0.980 bits per heavy atom. The number of benzene rings is 1. The highest BCUT2D eigenvalue weighted by Gasteiger charge is 2.70. The van der Waals surface area contributed by atoms with Crippen LogP contribution in [0.3, 0.4) is 0 Å². The minimum Gasteiger partial charge on any atom is -0.347 e. The normalized spacial score (nSPS) is 24.4. The summed E-state index contributed by atoms with van der Waals surface area (Å²) in [5, 5.41) is 11.0. The smallest absolute Gasteiger partial charge is 0.315 e. The number of hydrogen-bond acceptors (Lipinski definition) is 6. The summed E-state index contributed by atoms with van der Waals surface area (Å²) in [7, 11) is -3.54. The molecule has 5 N–H and O–H groups in total. The van der Waals surface area contributed by atoms with E-state index in [9.17, 15) is 36.4 Å². The van der Waals surface area contributed by atoms with Crippen molar-refractivity contribution in [1.29, 1.82) is 0 Å². The van der Waals surface area contributed by atoms with Crippen LogP contribution in [0, 0.1) is 28.1 Å². The van der Waals surface area contributed by atoms with Crippen LogP contribution >= 0.6 is 0 Å². The Hall–Kier alpha value is -3.33. The second-order valence-corrected chi connectivity index (χ2v) is 18.7. The van der Waals surface area contributed by atoms with Crippen LogP contribution in [0.1, 0.15) is 85.4 Å². The lowest BCUT2D eigenvalue weighted by Gasteiger charge is -2.38. The van der Waals surface area contributed by atoms with Crippen LogP contribution in [-0.2, 0) is 30.8 Å². The topological polar surface area (TPSA) is 166 Å². The number of amides is 5. The Bertz CT molecular complexity index is 1570. The predicted octanol–water partition coefficient (Wildman–Crippen LogP) is 3.09. The lowest BCUT2D eigenvalue weighted by atomic mass is 9.85. The van der Waals surface area contributed by atoms with Crippen LogP contribution in [0.25, 0.3) is 0 Å². The molecule has 1 saturated carbocycles. The lowest BCUT2D eigenvalue weighted by molar-refractivity contribution is -0.144. The predicted molar refractivity (Wildman–Crippen MR) is 185 cm³/mol. The number of carbonyl (C=O) groups is 4. The van der Waals surface area contributed by atoms with Gasteiger partial charge in [-0.15, -0.1) is 0 Å². The average Bonchev–Trinajstić information content (AvgIpc) is 3.32. The standard InChI is InChI=1S/C35H54F2N6O6S/c1-33(2,3)24(17-38-50(9,48)49)41-32(47)42-28(34(4,5)6)31(46)43-18-21-26(35(21,7)8)27(43)30(45)40-23(16-25(36)37)29(44)39-22-15-14-19-12-10-11-13-20(19)22/h10-13,21-28,38H,14-18H2,1-9H3,(H,39,44)(H,40,45)(H2,41,42,47)/t21-,22?,23-,24+,26-,27-,28+/m0/s1. The quantitative estimate of drug-likeness (QED) is 0.222. The zero-order valence-electron chi connectivity index (χ0n) is 30.5. The van der Waals surface area contributed by atoms with Crippen molar-refractivity contribution in [3.05, 3.63) is 35.4 Å². The van der Waals surface area contributed by atoms with Gasteiger partial charge in [0, 0.05) is 25.6 Å². The summed E-state index contributed by atoms with van der Waals surface area (Å²) in [5.74, 6) is -2.24. The van der Waals surface area contributed by atoms with Crippen molar-refractivity contribution in [1.82, 2.24) is 30.9 Å². The minimum absolute atomic E-state index is 0.0404. The zero-order chi connectivity index (χ0) is 37.6. The van der Waals surface area contributed by atoms with E-state index in [1.54, 1.807) is 20.8 Å². The second kappa shape index (κ2) is 14.4. The Morgan fingerprint density at radius 2 is 1.62 bits per heavy atom. The molecular formula is C35H54F2N6O6S. The number of aryl methyl sites for hydroxylation is 1. The fraction of sp³-hybridized carbons (Fsp3) is 0.714. The minimum atomic E-state index is -3.54. The first-order chi connectivity index (χ1) is 22.9. The van der Waals surface area contributed by atoms with Crippen molar-refractivity contribution in [3.8, 4) is 0 Å². The van der Waals surface area contributed by atoms with E-state index < -0.39 is 81.6 Å². The van der Waals surface area contributed by atoms with Gasteiger partial charge in [0.2, 0.25) is 34.2 Å². The summed E-state index contributed by atoms with van der Waals surface area (Å²) in [6.45, 7) is 14.9. The molecule has 5 amide bonds. The molecule has 12 nitrogen and oxygen atoms in total. The number of rotatable bonds is 12. The Kier molecular flexibility index (Phi) is 11.3. The number of halogens is 2. The third kappa shape index (κ3) is 9.12. The number of urea groups is 1. The molecule has 0 bridgehead atoms. The summed E-state index contributed by atoms with van der Waals surface area (Å²) in [4.78, 5) is 56.5. The maximum Gasteiger partial charge on any atom is 0.315 e. The van der Waals surface area contributed by atoms with Crippen molar-refractivity contribution < 1.29 is 36.4 Å². The molecule has 1 saturated heterocycles. The van der Waals surface area contributed by atoms with E-state index in [4.69, 9.17) is 0 Å². The first-order valence-corrected chi connectivity index (χ1v) is 19.1. The van der Waals surface area contributed by atoms with Crippen LogP contribution in [0.4, 0.5) is 13.6 Å². The van der Waals surface area contributed by atoms with Crippen LogP contribution in [0.5, 0.6) is 0 Å². The number of hydrogen-bond donors (Lipinski definition) is 5. The van der Waals surface area contributed by atoms with Crippen LogP contribution in [0.15, 0.2) is 24.3 Å². The van der Waals surface area contributed by atoms with Gasteiger partial charge in [-0.05, 0) is 52.0 Å². The van der Waals surface area contributed by atoms with Gasteiger partial charge in [-0.3, -0.25) is 14.4 Å². The van der Waals surface area contributed by atoms with E-state index in [-0.39, 0.29) is 36.4 Å². The summed E-state index contributed by atoms with van der Waals surface area (Å²) >= 11 is 0. The monoisotopic (exact) mass is 724 g/mol. The highest BCUT2D eigenvalue weighted by atomic mass is 32.2. The maximum absolute atomic E-state index is 14.3. The van der Waals surface area contributed by atoms with Gasteiger partial charge in [0.05, 0.1) is 12.3 Å². The highest BCUT2D eigenvalue weighted by molar-refractivity contribution is 7.88. The molecule has 0 aromatic heterocycles. The molecule has 1 heterocycles. The van der Waals surface area contributed by atoms with Crippen molar-refractivity contribution in [2.45, 2.75) is 111 Å². The number of alkyl halides is 2. The Labute approximate surface area is 294 Å². The van der Waals surface area contributed by atoms with Gasteiger partial charge < -0.3 is 26.2 Å². The zero-order valence-corrected chi connectivity index (χ0v) is 31.3. The molecule has 50 heavy (non-hydrogen) atoms. The molecule has 2 aliphatic carbocycles. The van der Waals surface area contributed by atoms with Gasteiger partial charge >= 0.3 is 6.03 Å². The molecule has 1 aromatic rings. The third-order valence-electron chi connectivity index (χ3n) is 10.5. The van der Waals surface area contributed by atoms with E-state index in [0.29, 0.717) is 6.42 Å². The number of carbonyl (C=O) groups excluding carboxylic acids is 4. The van der Waals surface area contributed by atoms with Crippen molar-refractivity contribution in [2.75, 3.05) is 19.3 Å². The van der Waals surface area contributed by atoms with Gasteiger partial charge in [-0.2, -0.15) is 0 Å². The molecule has 2 fully saturated rings. The lowest BCUT2D eigenvalue weighted by Crippen LogP contribution is -2.62. The molecule has 15 heteroatoms. The van der Waals surface area contributed by atoms with E-state index in [2.05, 4.69) is 26.0 Å². The molecule has 3 aliphatic rings. The van der Waals surface area contributed by atoms with Crippen molar-refractivity contribution in [2.24, 2.45) is 28.1 Å². The van der Waals surface area contributed by atoms with E-state index in [1.165, 1.54) is 4.90 Å². The first-order valence-electron chi connectivity index (χ1n) is 17.2. The molecule has 0 spiro atoms. The van der Waals surface area contributed by atoms with Crippen LogP contribution in [0.2, 0.25) is 0 Å². The largest absolute Gasteiger partial charge is 0.347 e. The third-order valence-corrected chi connectivity index (χ3v) is 11.2. The number of sulfonamides is 1. The van der Waals surface area contributed by atoms with Crippen molar-refractivity contribution >= 4 is 33.8 Å². The summed E-state index contributed by atoms with van der Waals surface area (Å²) in [5.41, 5.74) is 0.313. The van der Waals surface area contributed by atoms with Crippen LogP contribution < -0.4 is 26.0 Å². The molecule has 0 radical (unpaired) electrons. The average molecular weight is 725 g/mol. The molecule has 1 aromatic carbocycles. The maximum atomic E-state index is 14.3. The molecule has 7 atom stereocenters. The first kappa shape index (κ1) is 39.5. The second-order valence-electron chi connectivity index (χ2n) is 16.8.